The fourth-order valence-corrected chi connectivity index (χ4v) is 2.23. The van der Waals surface area contributed by atoms with E-state index in [9.17, 15) is 0 Å². The Labute approximate surface area is 128 Å². The van der Waals surface area contributed by atoms with Crippen molar-refractivity contribution in [2.45, 2.75) is 26.5 Å². The smallest absolute Gasteiger partial charge is 0.191 e. The van der Waals surface area contributed by atoms with Gasteiger partial charge in [-0.05, 0) is 25.4 Å². The van der Waals surface area contributed by atoms with Crippen LogP contribution in [0.25, 0.3) is 0 Å². The molecular weight excluding hydrogens is 365 g/mol. The quantitative estimate of drug-likeness (QED) is 0.469. The van der Waals surface area contributed by atoms with Gasteiger partial charge in [0.05, 0.1) is 29.8 Å². The van der Waals surface area contributed by atoms with E-state index in [2.05, 4.69) is 19.5 Å². The predicted molar refractivity (Wildman–Crippen MR) is 82.4 cm³/mol. The normalized spacial score (nSPS) is 20.7. The highest BCUT2D eigenvalue weighted by molar-refractivity contribution is 14.0. The zero-order valence-electron chi connectivity index (χ0n) is 10.5. The highest BCUT2D eigenvalue weighted by atomic mass is 127. The summed E-state index contributed by atoms with van der Waals surface area (Å²) in [5, 5.41) is 3.94. The lowest BCUT2D eigenvalue weighted by Crippen LogP contribution is -2.47. The molecule has 0 amide bonds. The van der Waals surface area contributed by atoms with E-state index in [1.165, 1.54) is 11.5 Å². The molecule has 1 aliphatic heterocycles. The van der Waals surface area contributed by atoms with Crippen molar-refractivity contribution >= 4 is 41.5 Å². The van der Waals surface area contributed by atoms with Gasteiger partial charge in [-0.3, -0.25) is 0 Å². The number of morpholine rings is 1. The van der Waals surface area contributed by atoms with Gasteiger partial charge in [0, 0.05) is 13.1 Å². The van der Waals surface area contributed by atoms with Crippen molar-refractivity contribution in [3.63, 3.8) is 0 Å². The van der Waals surface area contributed by atoms with Crippen LogP contribution in [0.5, 0.6) is 0 Å². The minimum absolute atomic E-state index is 0. The van der Waals surface area contributed by atoms with Gasteiger partial charge in [-0.25, -0.2) is 4.99 Å². The van der Waals surface area contributed by atoms with Crippen molar-refractivity contribution in [1.82, 2.24) is 14.5 Å². The SMILES string of the molecule is Cc1nnsc1CN=C(N)N1CCOC(C)C1.I. The van der Waals surface area contributed by atoms with Crippen molar-refractivity contribution in [2.75, 3.05) is 19.7 Å². The van der Waals surface area contributed by atoms with E-state index in [4.69, 9.17) is 10.5 Å². The molecule has 2 rings (SSSR count). The molecule has 1 aliphatic rings. The average Bonchev–Trinajstić information content (AvgIpc) is 2.72. The molecule has 1 aromatic rings. The second kappa shape index (κ2) is 7.19. The van der Waals surface area contributed by atoms with E-state index in [0.717, 1.165) is 23.7 Å². The van der Waals surface area contributed by atoms with Crippen molar-refractivity contribution in [3.8, 4) is 0 Å². The van der Waals surface area contributed by atoms with Crippen molar-refractivity contribution in [2.24, 2.45) is 10.7 Å². The van der Waals surface area contributed by atoms with Crippen LogP contribution in [0.2, 0.25) is 0 Å². The van der Waals surface area contributed by atoms with Crippen LogP contribution in [0.15, 0.2) is 4.99 Å². The van der Waals surface area contributed by atoms with Gasteiger partial charge in [-0.15, -0.1) is 29.1 Å². The van der Waals surface area contributed by atoms with Crippen molar-refractivity contribution in [3.05, 3.63) is 10.6 Å². The van der Waals surface area contributed by atoms with Gasteiger partial charge in [0.15, 0.2) is 5.96 Å². The summed E-state index contributed by atoms with van der Waals surface area (Å²) in [4.78, 5) is 7.50. The third kappa shape index (κ3) is 4.02. The molecule has 0 radical (unpaired) electrons. The lowest BCUT2D eigenvalue weighted by Gasteiger charge is -2.31. The van der Waals surface area contributed by atoms with Gasteiger partial charge in [0.25, 0.3) is 0 Å². The standard InChI is InChI=1S/C10H17N5OS.HI/c1-7-6-15(3-4-16-7)10(11)12-5-9-8(2)13-14-17-9;/h7H,3-6H2,1-2H3,(H2,11,12);1H. The summed E-state index contributed by atoms with van der Waals surface area (Å²) in [5.41, 5.74) is 6.89. The molecule has 0 aliphatic carbocycles. The van der Waals surface area contributed by atoms with Crippen LogP contribution in [-0.4, -0.2) is 46.2 Å². The first kappa shape index (κ1) is 15.6. The average molecular weight is 383 g/mol. The van der Waals surface area contributed by atoms with Crippen LogP contribution in [0.3, 0.4) is 0 Å². The number of hydrogen-bond donors (Lipinski definition) is 1. The number of guanidine groups is 1. The highest BCUT2D eigenvalue weighted by Crippen LogP contribution is 2.11. The maximum Gasteiger partial charge on any atom is 0.191 e. The van der Waals surface area contributed by atoms with E-state index in [1.807, 2.05) is 13.8 Å². The molecule has 0 aromatic carbocycles. The molecular formula is C10H18IN5OS. The Balaban J connectivity index is 0.00000162. The summed E-state index contributed by atoms with van der Waals surface area (Å²) in [6, 6.07) is 0. The van der Waals surface area contributed by atoms with E-state index >= 15 is 0 Å². The van der Waals surface area contributed by atoms with Gasteiger partial charge in [0.2, 0.25) is 0 Å². The van der Waals surface area contributed by atoms with E-state index in [1.54, 1.807) is 0 Å². The predicted octanol–water partition coefficient (Wildman–Crippen LogP) is 1.000. The maximum atomic E-state index is 5.96. The van der Waals surface area contributed by atoms with Gasteiger partial charge in [-0.1, -0.05) is 4.49 Å². The number of halogens is 1. The summed E-state index contributed by atoms with van der Waals surface area (Å²) in [6.45, 7) is 6.84. The Kier molecular flexibility index (Phi) is 6.22. The van der Waals surface area contributed by atoms with E-state index in [-0.39, 0.29) is 30.1 Å². The molecule has 0 saturated carbocycles. The van der Waals surface area contributed by atoms with Crippen molar-refractivity contribution < 1.29 is 4.74 Å². The number of hydrogen-bond acceptors (Lipinski definition) is 5. The second-order valence-electron chi connectivity index (χ2n) is 4.08. The molecule has 2 heterocycles. The topological polar surface area (TPSA) is 76.6 Å². The molecule has 6 nitrogen and oxygen atoms in total. The fraction of sp³-hybridized carbons (Fsp3) is 0.700. The molecule has 102 valence electrons. The summed E-state index contributed by atoms with van der Waals surface area (Å²) < 4.78 is 9.33. The number of aromatic nitrogens is 2. The molecule has 1 aromatic heterocycles. The zero-order chi connectivity index (χ0) is 12.3. The van der Waals surface area contributed by atoms with Gasteiger partial charge < -0.3 is 15.4 Å². The first-order chi connectivity index (χ1) is 8.16. The number of rotatable bonds is 2. The Morgan fingerprint density at radius 2 is 2.44 bits per heavy atom. The summed E-state index contributed by atoms with van der Waals surface area (Å²) in [5.74, 6) is 0.577. The second-order valence-corrected chi connectivity index (χ2v) is 4.92. The highest BCUT2D eigenvalue weighted by Gasteiger charge is 2.18. The minimum atomic E-state index is 0. The molecule has 18 heavy (non-hydrogen) atoms. The summed E-state index contributed by atoms with van der Waals surface area (Å²) >= 11 is 1.37. The monoisotopic (exact) mass is 383 g/mol. The van der Waals surface area contributed by atoms with Gasteiger partial charge >= 0.3 is 0 Å². The number of aryl methyl sites for hydroxylation is 1. The van der Waals surface area contributed by atoms with E-state index in [0.29, 0.717) is 19.1 Å². The number of nitrogens with two attached hydrogens (primary N) is 1. The fourth-order valence-electron chi connectivity index (χ4n) is 1.68. The zero-order valence-corrected chi connectivity index (χ0v) is 13.6. The Morgan fingerprint density at radius 3 is 3.06 bits per heavy atom. The van der Waals surface area contributed by atoms with Gasteiger partial charge in [-0.2, -0.15) is 0 Å². The third-order valence-corrected chi connectivity index (χ3v) is 3.50. The molecule has 1 fully saturated rings. The van der Waals surface area contributed by atoms with Crippen LogP contribution in [0, 0.1) is 6.92 Å². The van der Waals surface area contributed by atoms with Crippen LogP contribution >= 0.6 is 35.5 Å². The largest absolute Gasteiger partial charge is 0.375 e. The van der Waals surface area contributed by atoms with Crippen LogP contribution in [-0.2, 0) is 11.3 Å². The maximum absolute atomic E-state index is 5.96. The number of ether oxygens (including phenoxy) is 1. The van der Waals surface area contributed by atoms with Gasteiger partial charge in [0.1, 0.15) is 0 Å². The van der Waals surface area contributed by atoms with Crippen molar-refractivity contribution in [1.29, 1.82) is 0 Å². The molecule has 1 saturated heterocycles. The number of nitrogens with zero attached hydrogens (tertiary/aromatic N) is 4. The number of aliphatic imine (C=N–C) groups is 1. The molecule has 2 N–H and O–H groups in total. The van der Waals surface area contributed by atoms with Crippen LogP contribution < -0.4 is 5.73 Å². The third-order valence-electron chi connectivity index (χ3n) is 2.70. The first-order valence-electron chi connectivity index (χ1n) is 5.61. The molecule has 1 atom stereocenters. The molecule has 8 heteroatoms. The Hall–Kier alpha value is -0.480. The summed E-state index contributed by atoms with van der Waals surface area (Å²) in [6.07, 6.45) is 0.212. The molecule has 0 bridgehead atoms. The Morgan fingerprint density at radius 1 is 1.67 bits per heavy atom. The lowest BCUT2D eigenvalue weighted by molar-refractivity contribution is 0.00529. The first-order valence-corrected chi connectivity index (χ1v) is 6.38. The van der Waals surface area contributed by atoms with Crippen LogP contribution in [0.1, 0.15) is 17.5 Å². The van der Waals surface area contributed by atoms with E-state index < -0.39 is 0 Å². The lowest BCUT2D eigenvalue weighted by atomic mass is 10.3. The minimum Gasteiger partial charge on any atom is -0.375 e. The van der Waals surface area contributed by atoms with Crippen LogP contribution in [0.4, 0.5) is 0 Å². The summed E-state index contributed by atoms with van der Waals surface area (Å²) in [7, 11) is 0. The molecule has 1 unspecified atom stereocenters. The Bertz CT molecular complexity index is 411. The molecule has 0 spiro atoms.